The summed E-state index contributed by atoms with van der Waals surface area (Å²) in [5, 5.41) is 3.88. The Hall–Kier alpha value is -2.72. The number of carbonyl (C=O) groups is 1. The number of ether oxygens (including phenoxy) is 2. The van der Waals surface area contributed by atoms with Gasteiger partial charge in [0.05, 0.1) is 0 Å². The van der Waals surface area contributed by atoms with Gasteiger partial charge in [0, 0.05) is 47.3 Å². The molecule has 4 rings (SSSR count). The van der Waals surface area contributed by atoms with Gasteiger partial charge < -0.3 is 19.7 Å². The molecule has 0 spiro atoms. The number of nitrogens with zero attached hydrogens (tertiary/aromatic N) is 4. The fourth-order valence-electron chi connectivity index (χ4n) is 3.41. The molecular weight excluding hydrogens is 506 g/mol. The average Bonchev–Trinajstić information content (AvgIpc) is 3.24. The van der Waals surface area contributed by atoms with Crippen molar-refractivity contribution in [2.24, 2.45) is 0 Å². The van der Waals surface area contributed by atoms with Crippen LogP contribution in [0.25, 0.3) is 0 Å². The zero-order valence-electron chi connectivity index (χ0n) is 18.7. The van der Waals surface area contributed by atoms with Crippen LogP contribution in [0, 0.1) is 0 Å². The normalized spacial score (nSPS) is 14.7. The summed E-state index contributed by atoms with van der Waals surface area (Å²) in [6.07, 6.45) is 3.04. The van der Waals surface area contributed by atoms with Gasteiger partial charge in [0.2, 0.25) is 5.13 Å². The number of benzene rings is 1. The average molecular weight is 532 g/mol. The first kappa shape index (κ1) is 23.4. The smallest absolute Gasteiger partial charge is 0.410 e. The molecule has 0 radical (unpaired) electrons. The van der Waals surface area contributed by atoms with Crippen LogP contribution < -0.4 is 10.1 Å². The number of rotatable bonds is 5. The maximum atomic E-state index is 12.3. The number of hydrogen-bond donors (Lipinski definition) is 1. The van der Waals surface area contributed by atoms with Gasteiger partial charge in [-0.3, -0.25) is 0 Å². The van der Waals surface area contributed by atoms with E-state index in [9.17, 15) is 4.79 Å². The zero-order chi connectivity index (χ0) is 23.4. The Bertz CT molecular complexity index is 1090. The molecule has 2 aromatic heterocycles. The minimum absolute atomic E-state index is 0.202. The summed E-state index contributed by atoms with van der Waals surface area (Å²) in [5.74, 6) is 2.85. The van der Waals surface area contributed by atoms with Crippen molar-refractivity contribution < 1.29 is 14.3 Å². The molecule has 1 aromatic carbocycles. The molecule has 3 aromatic rings. The number of anilines is 2. The summed E-state index contributed by atoms with van der Waals surface area (Å²) in [7, 11) is 0. The SMILES string of the molecule is CC(C)(C)OC(=O)N1CCC(c2nsc(Nc3ncc(Br)cc3Oc3ccccc3)n2)CC1. The molecule has 8 nitrogen and oxygen atoms in total. The van der Waals surface area contributed by atoms with Gasteiger partial charge in [-0.15, -0.1) is 0 Å². The second kappa shape index (κ2) is 10.0. The van der Waals surface area contributed by atoms with Crippen LogP contribution in [0.3, 0.4) is 0 Å². The van der Waals surface area contributed by atoms with Gasteiger partial charge in [-0.05, 0) is 61.7 Å². The molecule has 0 bridgehead atoms. The first-order valence-corrected chi connectivity index (χ1v) is 12.3. The fourth-order valence-corrected chi connectivity index (χ4v) is 4.36. The van der Waals surface area contributed by atoms with Gasteiger partial charge in [0.15, 0.2) is 11.6 Å². The van der Waals surface area contributed by atoms with Crippen LogP contribution in [0.1, 0.15) is 45.4 Å². The van der Waals surface area contributed by atoms with E-state index in [1.807, 2.05) is 57.2 Å². The van der Waals surface area contributed by atoms with Gasteiger partial charge in [0.1, 0.15) is 17.2 Å². The third-order valence-corrected chi connectivity index (χ3v) is 6.05. The molecule has 1 aliphatic rings. The standard InChI is InChI=1S/C23H26BrN5O3S/c1-23(2,3)32-22(30)29-11-9-15(10-12-29)19-26-21(33-28-19)27-20-18(13-16(24)14-25-20)31-17-7-5-4-6-8-17/h4-8,13-15H,9-12H2,1-3H3,(H,25,26,27,28). The van der Waals surface area contributed by atoms with Gasteiger partial charge in [-0.25, -0.2) is 14.8 Å². The fraction of sp³-hybridized carbons (Fsp3) is 0.391. The van der Waals surface area contributed by atoms with Crippen LogP contribution in [0.4, 0.5) is 15.7 Å². The molecule has 1 amide bonds. The van der Waals surface area contributed by atoms with Crippen LogP contribution in [-0.2, 0) is 4.74 Å². The Morgan fingerprint density at radius 2 is 1.94 bits per heavy atom. The van der Waals surface area contributed by atoms with Gasteiger partial charge in [-0.1, -0.05) is 18.2 Å². The lowest BCUT2D eigenvalue weighted by Crippen LogP contribution is -2.41. The molecule has 174 valence electrons. The van der Waals surface area contributed by atoms with E-state index in [1.165, 1.54) is 11.5 Å². The summed E-state index contributed by atoms with van der Waals surface area (Å²) in [6, 6.07) is 11.4. The molecule has 1 saturated heterocycles. The van der Waals surface area contributed by atoms with Gasteiger partial charge >= 0.3 is 6.09 Å². The predicted molar refractivity (Wildman–Crippen MR) is 131 cm³/mol. The molecule has 0 unspecified atom stereocenters. The van der Waals surface area contributed by atoms with Crippen LogP contribution >= 0.6 is 27.5 Å². The van der Waals surface area contributed by atoms with Crippen molar-refractivity contribution in [1.82, 2.24) is 19.2 Å². The molecule has 10 heteroatoms. The largest absolute Gasteiger partial charge is 0.453 e. The molecule has 1 aliphatic heterocycles. The molecule has 1 fully saturated rings. The third-order valence-electron chi connectivity index (χ3n) is 4.97. The van der Waals surface area contributed by atoms with E-state index >= 15 is 0 Å². The molecule has 33 heavy (non-hydrogen) atoms. The molecule has 0 aliphatic carbocycles. The lowest BCUT2D eigenvalue weighted by molar-refractivity contribution is 0.0203. The Kier molecular flexibility index (Phi) is 7.14. The van der Waals surface area contributed by atoms with E-state index in [1.54, 1.807) is 11.1 Å². The Morgan fingerprint density at radius 3 is 2.64 bits per heavy atom. The van der Waals surface area contributed by atoms with Crippen LogP contribution in [0.2, 0.25) is 0 Å². The monoisotopic (exact) mass is 531 g/mol. The lowest BCUT2D eigenvalue weighted by atomic mass is 9.96. The number of pyridine rings is 1. The van der Waals surface area contributed by atoms with E-state index in [0.29, 0.717) is 29.8 Å². The number of para-hydroxylation sites is 1. The van der Waals surface area contributed by atoms with Crippen molar-refractivity contribution in [2.45, 2.75) is 45.1 Å². The van der Waals surface area contributed by atoms with E-state index < -0.39 is 5.60 Å². The van der Waals surface area contributed by atoms with Crippen LogP contribution in [0.5, 0.6) is 11.5 Å². The highest BCUT2D eigenvalue weighted by molar-refractivity contribution is 9.10. The summed E-state index contributed by atoms with van der Waals surface area (Å²) < 4.78 is 16.8. The summed E-state index contributed by atoms with van der Waals surface area (Å²) >= 11 is 4.74. The quantitative estimate of drug-likeness (QED) is 0.410. The van der Waals surface area contributed by atoms with Crippen molar-refractivity contribution in [3.63, 3.8) is 0 Å². The first-order chi connectivity index (χ1) is 15.8. The number of piperidine rings is 1. The molecule has 0 saturated carbocycles. The Morgan fingerprint density at radius 1 is 1.21 bits per heavy atom. The van der Waals surface area contributed by atoms with Crippen LogP contribution in [0.15, 0.2) is 47.1 Å². The van der Waals surface area contributed by atoms with Gasteiger partial charge in [0.25, 0.3) is 0 Å². The molecule has 1 N–H and O–H groups in total. The topological polar surface area (TPSA) is 89.5 Å². The second-order valence-corrected chi connectivity index (χ2v) is 10.4. The minimum atomic E-state index is -0.491. The highest BCUT2D eigenvalue weighted by atomic mass is 79.9. The highest BCUT2D eigenvalue weighted by Gasteiger charge is 2.29. The number of carbonyl (C=O) groups excluding carboxylic acids is 1. The van der Waals surface area contributed by atoms with E-state index in [4.69, 9.17) is 9.47 Å². The van der Waals surface area contributed by atoms with Crippen molar-refractivity contribution in [3.05, 3.63) is 52.9 Å². The van der Waals surface area contributed by atoms with Crippen molar-refractivity contribution in [1.29, 1.82) is 0 Å². The third kappa shape index (κ3) is 6.42. The van der Waals surface area contributed by atoms with Crippen molar-refractivity contribution in [2.75, 3.05) is 18.4 Å². The number of likely N-dealkylation sites (tertiary alicyclic amines) is 1. The Labute approximate surface area is 205 Å². The predicted octanol–water partition coefficient (Wildman–Crippen LogP) is 6.35. The maximum absolute atomic E-state index is 12.3. The molecule has 0 atom stereocenters. The molecule has 3 heterocycles. The van der Waals surface area contributed by atoms with E-state index in [0.717, 1.165) is 28.9 Å². The van der Waals surface area contributed by atoms with Crippen molar-refractivity contribution >= 4 is 44.5 Å². The number of aromatic nitrogens is 3. The number of nitrogens with one attached hydrogen (secondary N) is 1. The van der Waals surface area contributed by atoms with Crippen LogP contribution in [-0.4, -0.2) is 44.0 Å². The van der Waals surface area contributed by atoms with Gasteiger partial charge in [-0.2, -0.15) is 4.37 Å². The number of hydrogen-bond acceptors (Lipinski definition) is 8. The number of halogens is 1. The van der Waals surface area contributed by atoms with E-state index in [-0.39, 0.29) is 12.0 Å². The zero-order valence-corrected chi connectivity index (χ0v) is 21.1. The number of amides is 1. The second-order valence-electron chi connectivity index (χ2n) is 8.74. The van der Waals surface area contributed by atoms with E-state index in [2.05, 4.69) is 35.6 Å². The lowest BCUT2D eigenvalue weighted by Gasteiger charge is -2.32. The maximum Gasteiger partial charge on any atom is 0.410 e. The highest BCUT2D eigenvalue weighted by Crippen LogP contribution is 2.34. The summed E-state index contributed by atoms with van der Waals surface area (Å²) in [4.78, 5) is 23.2. The van der Waals surface area contributed by atoms with Crippen molar-refractivity contribution in [3.8, 4) is 11.5 Å². The summed E-state index contributed by atoms with van der Waals surface area (Å²) in [6.45, 7) is 6.89. The minimum Gasteiger partial charge on any atom is -0.453 e. The Balaban J connectivity index is 1.39. The first-order valence-electron chi connectivity index (χ1n) is 10.7. The summed E-state index contributed by atoms with van der Waals surface area (Å²) in [5.41, 5.74) is -0.491. The molecular formula is C23H26BrN5O3S.